The lowest BCUT2D eigenvalue weighted by molar-refractivity contribution is 0.0431. The Labute approximate surface area is 161 Å². The number of carbonyl (C=O) groups excluding carboxylic acids is 2. The number of aromatic nitrogens is 3. The summed E-state index contributed by atoms with van der Waals surface area (Å²) >= 11 is 0. The maximum atomic E-state index is 12.4. The fourth-order valence-corrected chi connectivity index (χ4v) is 2.87. The van der Waals surface area contributed by atoms with Crippen LogP contribution in [0.1, 0.15) is 50.5 Å². The van der Waals surface area contributed by atoms with Crippen LogP contribution in [0.2, 0.25) is 0 Å². The van der Waals surface area contributed by atoms with Crippen molar-refractivity contribution in [3.8, 4) is 11.5 Å². The van der Waals surface area contributed by atoms with Gasteiger partial charge in [-0.05, 0) is 45.4 Å². The number of nitrogens with one attached hydrogen (secondary N) is 1. The zero-order chi connectivity index (χ0) is 20.3. The van der Waals surface area contributed by atoms with Gasteiger partial charge in [-0.2, -0.15) is 0 Å². The molecule has 0 saturated heterocycles. The van der Waals surface area contributed by atoms with Crippen molar-refractivity contribution in [1.82, 2.24) is 15.2 Å². The van der Waals surface area contributed by atoms with Crippen LogP contribution >= 0.6 is 0 Å². The summed E-state index contributed by atoms with van der Waals surface area (Å²) < 4.78 is 15.8. The van der Waals surface area contributed by atoms with Gasteiger partial charge in [-0.1, -0.05) is 17.7 Å². The molecular weight excluding hydrogens is 362 g/mol. The molecule has 1 N–H and O–H groups in total. The standard InChI is InChI=1S/C20H21N3O5/c1-5-26-19(24)16-12(3)17(21-13(16)4)20(25)27-10-15-22-23-18(28-15)14-8-6-7-11(2)9-14/h6-9,21H,5,10H2,1-4H3. The molecule has 28 heavy (non-hydrogen) atoms. The monoisotopic (exact) mass is 383 g/mol. The van der Waals surface area contributed by atoms with E-state index in [0.717, 1.165) is 11.1 Å². The van der Waals surface area contributed by atoms with Gasteiger partial charge in [0.05, 0.1) is 12.2 Å². The Balaban J connectivity index is 1.70. The Morgan fingerprint density at radius 2 is 1.89 bits per heavy atom. The molecule has 1 aromatic carbocycles. The van der Waals surface area contributed by atoms with E-state index in [1.54, 1.807) is 20.8 Å². The van der Waals surface area contributed by atoms with E-state index in [0.29, 0.717) is 22.7 Å². The van der Waals surface area contributed by atoms with Crippen LogP contribution < -0.4 is 0 Å². The summed E-state index contributed by atoms with van der Waals surface area (Å²) in [5.41, 5.74) is 3.42. The first-order chi connectivity index (χ1) is 13.4. The quantitative estimate of drug-likeness (QED) is 0.649. The molecule has 0 aliphatic rings. The van der Waals surface area contributed by atoms with E-state index in [9.17, 15) is 9.59 Å². The van der Waals surface area contributed by atoms with Gasteiger partial charge in [-0.25, -0.2) is 9.59 Å². The van der Waals surface area contributed by atoms with Gasteiger partial charge in [-0.15, -0.1) is 10.2 Å². The van der Waals surface area contributed by atoms with Crippen molar-refractivity contribution in [3.05, 3.63) is 58.2 Å². The number of esters is 2. The molecule has 2 heterocycles. The van der Waals surface area contributed by atoms with Crippen LogP contribution in [0.5, 0.6) is 0 Å². The first-order valence-electron chi connectivity index (χ1n) is 8.83. The summed E-state index contributed by atoms with van der Waals surface area (Å²) in [6, 6.07) is 7.64. The van der Waals surface area contributed by atoms with Gasteiger partial charge in [0, 0.05) is 11.3 Å². The molecule has 3 rings (SSSR count). The third-order valence-corrected chi connectivity index (χ3v) is 4.18. The summed E-state index contributed by atoms with van der Waals surface area (Å²) in [7, 11) is 0. The average molecular weight is 383 g/mol. The van der Waals surface area contributed by atoms with Crippen molar-refractivity contribution in [1.29, 1.82) is 0 Å². The summed E-state index contributed by atoms with van der Waals surface area (Å²) in [5, 5.41) is 7.89. The van der Waals surface area contributed by atoms with Gasteiger partial charge >= 0.3 is 11.9 Å². The van der Waals surface area contributed by atoms with Gasteiger partial charge < -0.3 is 18.9 Å². The molecule has 8 heteroatoms. The van der Waals surface area contributed by atoms with E-state index < -0.39 is 11.9 Å². The molecule has 0 aliphatic heterocycles. The van der Waals surface area contributed by atoms with Crippen molar-refractivity contribution < 1.29 is 23.5 Å². The number of aromatic amines is 1. The number of nitrogens with zero attached hydrogens (tertiary/aromatic N) is 2. The van der Waals surface area contributed by atoms with Crippen molar-refractivity contribution >= 4 is 11.9 Å². The Bertz CT molecular complexity index is 1020. The largest absolute Gasteiger partial charge is 0.462 e. The Morgan fingerprint density at radius 3 is 2.61 bits per heavy atom. The Morgan fingerprint density at radius 1 is 1.11 bits per heavy atom. The molecule has 0 saturated carbocycles. The number of ether oxygens (including phenoxy) is 2. The topological polar surface area (TPSA) is 107 Å². The number of hydrogen-bond donors (Lipinski definition) is 1. The number of hydrogen-bond acceptors (Lipinski definition) is 7. The molecule has 2 aromatic heterocycles. The fourth-order valence-electron chi connectivity index (χ4n) is 2.87. The molecule has 0 unspecified atom stereocenters. The molecule has 0 radical (unpaired) electrons. The maximum Gasteiger partial charge on any atom is 0.355 e. The Kier molecular flexibility index (Phi) is 5.58. The van der Waals surface area contributed by atoms with Crippen LogP contribution in [0.3, 0.4) is 0 Å². The van der Waals surface area contributed by atoms with Crippen molar-refractivity contribution in [2.45, 2.75) is 34.3 Å². The SMILES string of the molecule is CCOC(=O)c1c(C)[nH]c(C(=O)OCc2nnc(-c3cccc(C)c3)o2)c1C. The second kappa shape index (κ2) is 8.08. The highest BCUT2D eigenvalue weighted by molar-refractivity contribution is 5.98. The van der Waals surface area contributed by atoms with Crippen LogP contribution in [-0.2, 0) is 16.1 Å². The van der Waals surface area contributed by atoms with Gasteiger partial charge in [0.25, 0.3) is 5.89 Å². The van der Waals surface area contributed by atoms with Gasteiger partial charge in [-0.3, -0.25) is 0 Å². The second-order valence-corrected chi connectivity index (χ2v) is 6.29. The predicted octanol–water partition coefficient (Wildman–Crippen LogP) is 3.52. The molecule has 0 fully saturated rings. The number of aryl methyl sites for hydroxylation is 2. The summed E-state index contributed by atoms with van der Waals surface area (Å²) in [6.45, 7) is 7.12. The molecule has 0 amide bonds. The van der Waals surface area contributed by atoms with Crippen molar-refractivity contribution in [3.63, 3.8) is 0 Å². The lowest BCUT2D eigenvalue weighted by atomic mass is 10.1. The molecule has 0 aliphatic carbocycles. The molecule has 8 nitrogen and oxygen atoms in total. The van der Waals surface area contributed by atoms with E-state index in [1.807, 2.05) is 31.2 Å². The van der Waals surface area contributed by atoms with Crippen molar-refractivity contribution in [2.24, 2.45) is 0 Å². The van der Waals surface area contributed by atoms with Crippen LogP contribution in [-0.4, -0.2) is 33.7 Å². The normalized spacial score (nSPS) is 10.7. The molecule has 0 atom stereocenters. The third kappa shape index (κ3) is 3.95. The van der Waals surface area contributed by atoms with Gasteiger partial charge in [0.1, 0.15) is 5.69 Å². The van der Waals surface area contributed by atoms with E-state index in [-0.39, 0.29) is 24.8 Å². The van der Waals surface area contributed by atoms with Crippen molar-refractivity contribution in [2.75, 3.05) is 6.61 Å². The van der Waals surface area contributed by atoms with E-state index in [2.05, 4.69) is 15.2 Å². The smallest absolute Gasteiger partial charge is 0.355 e. The van der Waals surface area contributed by atoms with Gasteiger partial charge in [0.2, 0.25) is 5.89 Å². The number of H-pyrrole nitrogens is 1. The van der Waals surface area contributed by atoms with Gasteiger partial charge in [0.15, 0.2) is 6.61 Å². The maximum absolute atomic E-state index is 12.4. The first kappa shape index (κ1) is 19.3. The first-order valence-corrected chi connectivity index (χ1v) is 8.83. The lowest BCUT2D eigenvalue weighted by Crippen LogP contribution is -2.09. The summed E-state index contributed by atoms with van der Waals surface area (Å²) in [5.74, 6) is -0.568. The molecule has 146 valence electrons. The molecule has 0 spiro atoms. The van der Waals surface area contributed by atoms with E-state index >= 15 is 0 Å². The molecule has 0 bridgehead atoms. The molecule has 3 aromatic rings. The summed E-state index contributed by atoms with van der Waals surface area (Å²) in [4.78, 5) is 27.3. The Hall–Kier alpha value is -3.42. The molecular formula is C20H21N3O5. The van der Waals surface area contributed by atoms with Crippen LogP contribution in [0.4, 0.5) is 0 Å². The van der Waals surface area contributed by atoms with E-state index in [1.165, 1.54) is 0 Å². The lowest BCUT2D eigenvalue weighted by Gasteiger charge is -2.03. The van der Waals surface area contributed by atoms with Crippen LogP contribution in [0.15, 0.2) is 28.7 Å². The number of benzene rings is 1. The minimum absolute atomic E-state index is 0.177. The number of rotatable bonds is 6. The zero-order valence-corrected chi connectivity index (χ0v) is 16.2. The van der Waals surface area contributed by atoms with E-state index in [4.69, 9.17) is 13.9 Å². The minimum atomic E-state index is -0.619. The highest BCUT2D eigenvalue weighted by Gasteiger charge is 2.24. The van der Waals surface area contributed by atoms with Crippen LogP contribution in [0.25, 0.3) is 11.5 Å². The average Bonchev–Trinajstić information content (AvgIpc) is 3.24. The second-order valence-electron chi connectivity index (χ2n) is 6.29. The fraction of sp³-hybridized carbons (Fsp3) is 0.300. The van der Waals surface area contributed by atoms with Crippen LogP contribution in [0, 0.1) is 20.8 Å². The highest BCUT2D eigenvalue weighted by atomic mass is 16.5. The zero-order valence-electron chi connectivity index (χ0n) is 16.2. The third-order valence-electron chi connectivity index (χ3n) is 4.18. The number of carbonyl (C=O) groups is 2. The highest BCUT2D eigenvalue weighted by Crippen LogP contribution is 2.21. The predicted molar refractivity (Wildman–Crippen MR) is 99.8 cm³/mol. The minimum Gasteiger partial charge on any atom is -0.462 e. The summed E-state index contributed by atoms with van der Waals surface area (Å²) in [6.07, 6.45) is 0.